The zero-order chi connectivity index (χ0) is 13.5. The van der Waals surface area contributed by atoms with E-state index in [-0.39, 0.29) is 0 Å². The fourth-order valence-corrected chi connectivity index (χ4v) is 3.85. The van der Waals surface area contributed by atoms with E-state index in [0.29, 0.717) is 0 Å². The van der Waals surface area contributed by atoms with Crippen LogP contribution in [0.3, 0.4) is 0 Å². The van der Waals surface area contributed by atoms with E-state index in [1.165, 1.54) is 75.6 Å². The molecule has 0 saturated heterocycles. The quantitative estimate of drug-likeness (QED) is 0.558. The summed E-state index contributed by atoms with van der Waals surface area (Å²) in [6, 6.07) is 0. The standard InChI is InChI=1S/C18H31N/c1-3-17(15-11-7-5-8-12-15)19-18(4-2)16-13-9-6-10-14-16/h3,15-16H,4-14H2,1-2H3/b17-3+,19-18?. The van der Waals surface area contributed by atoms with Crippen LogP contribution in [0.5, 0.6) is 0 Å². The highest BCUT2D eigenvalue weighted by atomic mass is 14.8. The Balaban J connectivity index is 2.05. The van der Waals surface area contributed by atoms with Gasteiger partial charge in [0.2, 0.25) is 0 Å². The minimum Gasteiger partial charge on any atom is -0.262 e. The van der Waals surface area contributed by atoms with Crippen molar-refractivity contribution in [1.29, 1.82) is 0 Å². The van der Waals surface area contributed by atoms with Gasteiger partial charge in [-0.1, -0.05) is 51.5 Å². The number of hydrogen-bond donors (Lipinski definition) is 0. The van der Waals surface area contributed by atoms with Crippen molar-refractivity contribution in [2.45, 2.75) is 84.5 Å². The van der Waals surface area contributed by atoms with E-state index < -0.39 is 0 Å². The van der Waals surface area contributed by atoms with Gasteiger partial charge in [0.05, 0.1) is 0 Å². The third-order valence-corrected chi connectivity index (χ3v) is 5.03. The van der Waals surface area contributed by atoms with Gasteiger partial charge in [-0.05, 0) is 44.9 Å². The maximum Gasteiger partial charge on any atom is 0.0391 e. The zero-order valence-electron chi connectivity index (χ0n) is 13.0. The number of hydrogen-bond acceptors (Lipinski definition) is 1. The Morgan fingerprint density at radius 1 is 0.895 bits per heavy atom. The van der Waals surface area contributed by atoms with Crippen molar-refractivity contribution in [1.82, 2.24) is 0 Å². The molecule has 1 nitrogen and oxygen atoms in total. The Labute approximate surface area is 119 Å². The Morgan fingerprint density at radius 3 is 1.89 bits per heavy atom. The summed E-state index contributed by atoms with van der Waals surface area (Å²) in [4.78, 5) is 5.14. The van der Waals surface area contributed by atoms with Gasteiger partial charge in [-0.2, -0.15) is 0 Å². The molecule has 0 aromatic carbocycles. The predicted molar refractivity (Wildman–Crippen MR) is 84.6 cm³/mol. The minimum absolute atomic E-state index is 0.754. The Bertz CT molecular complexity index is 315. The van der Waals surface area contributed by atoms with Gasteiger partial charge in [0.25, 0.3) is 0 Å². The molecule has 0 amide bonds. The Morgan fingerprint density at radius 2 is 1.42 bits per heavy atom. The molecule has 0 atom stereocenters. The molecule has 2 aliphatic carbocycles. The maximum absolute atomic E-state index is 5.14. The van der Waals surface area contributed by atoms with Crippen LogP contribution in [0.25, 0.3) is 0 Å². The van der Waals surface area contributed by atoms with Gasteiger partial charge in [-0.15, -0.1) is 0 Å². The Kier molecular flexibility index (Phi) is 6.13. The molecule has 2 saturated carbocycles. The molecule has 0 aromatic heterocycles. The van der Waals surface area contributed by atoms with Crippen molar-refractivity contribution in [2.24, 2.45) is 16.8 Å². The third-order valence-electron chi connectivity index (χ3n) is 5.03. The largest absolute Gasteiger partial charge is 0.262 e. The lowest BCUT2D eigenvalue weighted by molar-refractivity contribution is 0.398. The first-order valence-corrected chi connectivity index (χ1v) is 8.58. The summed E-state index contributed by atoms with van der Waals surface area (Å²) in [5.74, 6) is 1.54. The lowest BCUT2D eigenvalue weighted by Gasteiger charge is -2.26. The molecule has 0 heterocycles. The van der Waals surface area contributed by atoms with E-state index in [0.717, 1.165) is 18.3 Å². The third kappa shape index (κ3) is 4.19. The molecule has 0 aromatic rings. The second-order valence-electron chi connectivity index (χ2n) is 6.34. The maximum atomic E-state index is 5.14. The SMILES string of the molecule is C/C=C(/N=C(CC)C1CCCCC1)C1CCCCC1. The average Bonchev–Trinajstić information content (AvgIpc) is 2.50. The lowest BCUT2D eigenvalue weighted by atomic mass is 9.84. The molecule has 108 valence electrons. The van der Waals surface area contributed by atoms with Gasteiger partial charge in [0, 0.05) is 17.3 Å². The second-order valence-corrected chi connectivity index (χ2v) is 6.34. The molecular weight excluding hydrogens is 230 g/mol. The molecule has 2 rings (SSSR count). The van der Waals surface area contributed by atoms with Crippen LogP contribution in [0.15, 0.2) is 16.8 Å². The van der Waals surface area contributed by atoms with Crippen LogP contribution in [0, 0.1) is 11.8 Å². The van der Waals surface area contributed by atoms with E-state index in [1.807, 2.05) is 0 Å². The monoisotopic (exact) mass is 261 g/mol. The highest BCUT2D eigenvalue weighted by Crippen LogP contribution is 2.32. The van der Waals surface area contributed by atoms with E-state index in [4.69, 9.17) is 4.99 Å². The molecular formula is C18H31N. The van der Waals surface area contributed by atoms with Crippen LogP contribution in [0.2, 0.25) is 0 Å². The summed E-state index contributed by atoms with van der Waals surface area (Å²) in [6.45, 7) is 4.48. The van der Waals surface area contributed by atoms with Gasteiger partial charge >= 0.3 is 0 Å². The molecule has 0 bridgehead atoms. The highest BCUT2D eigenvalue weighted by molar-refractivity contribution is 5.87. The van der Waals surface area contributed by atoms with Crippen molar-refractivity contribution in [2.75, 3.05) is 0 Å². The first-order valence-electron chi connectivity index (χ1n) is 8.58. The van der Waals surface area contributed by atoms with E-state index >= 15 is 0 Å². The topological polar surface area (TPSA) is 12.4 Å². The summed E-state index contributed by atoms with van der Waals surface area (Å²) in [7, 11) is 0. The molecule has 0 radical (unpaired) electrons. The fourth-order valence-electron chi connectivity index (χ4n) is 3.85. The number of nitrogens with zero attached hydrogens (tertiary/aromatic N) is 1. The summed E-state index contributed by atoms with van der Waals surface area (Å²) in [6.07, 6.45) is 17.4. The molecule has 0 N–H and O–H groups in total. The first kappa shape index (κ1) is 14.8. The van der Waals surface area contributed by atoms with Crippen molar-refractivity contribution >= 4 is 5.71 Å². The molecule has 19 heavy (non-hydrogen) atoms. The minimum atomic E-state index is 0.754. The first-order chi connectivity index (χ1) is 9.35. The van der Waals surface area contributed by atoms with Gasteiger partial charge < -0.3 is 0 Å². The number of aliphatic imine (C=N–C) groups is 1. The molecule has 0 aliphatic heterocycles. The average molecular weight is 261 g/mol. The highest BCUT2D eigenvalue weighted by Gasteiger charge is 2.21. The lowest BCUT2D eigenvalue weighted by Crippen LogP contribution is -2.18. The predicted octanol–water partition coefficient (Wildman–Crippen LogP) is 5.90. The fraction of sp³-hybridized carbons (Fsp3) is 0.833. The van der Waals surface area contributed by atoms with Crippen LogP contribution in [0.1, 0.15) is 84.5 Å². The molecule has 0 unspecified atom stereocenters. The van der Waals surface area contributed by atoms with Crippen LogP contribution in [-0.2, 0) is 0 Å². The van der Waals surface area contributed by atoms with Crippen LogP contribution >= 0.6 is 0 Å². The molecule has 1 heteroatoms. The zero-order valence-corrected chi connectivity index (χ0v) is 13.0. The van der Waals surface area contributed by atoms with Crippen molar-refractivity contribution in [3.05, 3.63) is 11.8 Å². The normalized spacial score (nSPS) is 24.7. The Hall–Kier alpha value is -0.590. The van der Waals surface area contributed by atoms with Gasteiger partial charge in [0.15, 0.2) is 0 Å². The molecule has 2 fully saturated rings. The van der Waals surface area contributed by atoms with E-state index in [1.54, 1.807) is 0 Å². The van der Waals surface area contributed by atoms with Crippen molar-refractivity contribution in [3.63, 3.8) is 0 Å². The summed E-state index contributed by atoms with van der Waals surface area (Å²) in [5.41, 5.74) is 2.90. The number of allylic oxidation sites excluding steroid dienone is 2. The van der Waals surface area contributed by atoms with Crippen molar-refractivity contribution in [3.8, 4) is 0 Å². The van der Waals surface area contributed by atoms with Gasteiger partial charge in [-0.3, -0.25) is 4.99 Å². The van der Waals surface area contributed by atoms with E-state index in [2.05, 4.69) is 19.9 Å². The van der Waals surface area contributed by atoms with Crippen LogP contribution in [-0.4, -0.2) is 5.71 Å². The second kappa shape index (κ2) is 7.87. The summed E-state index contributed by atoms with van der Waals surface area (Å²) in [5, 5.41) is 0. The van der Waals surface area contributed by atoms with Crippen molar-refractivity contribution < 1.29 is 0 Å². The van der Waals surface area contributed by atoms with Crippen LogP contribution in [0.4, 0.5) is 0 Å². The van der Waals surface area contributed by atoms with Crippen LogP contribution < -0.4 is 0 Å². The summed E-state index contributed by atoms with van der Waals surface area (Å²) >= 11 is 0. The molecule has 2 aliphatic rings. The molecule has 0 spiro atoms. The van der Waals surface area contributed by atoms with Gasteiger partial charge in [0.1, 0.15) is 0 Å². The smallest absolute Gasteiger partial charge is 0.0391 e. The van der Waals surface area contributed by atoms with Gasteiger partial charge in [-0.25, -0.2) is 0 Å². The van der Waals surface area contributed by atoms with E-state index in [9.17, 15) is 0 Å². The number of rotatable bonds is 4. The summed E-state index contributed by atoms with van der Waals surface area (Å²) < 4.78 is 0.